The van der Waals surface area contributed by atoms with Crippen molar-refractivity contribution >= 4 is 21.9 Å². The molecule has 0 unspecified atom stereocenters. The molecule has 0 radical (unpaired) electrons. The van der Waals surface area contributed by atoms with Gasteiger partial charge in [-0.2, -0.15) is 0 Å². The third-order valence-electron chi connectivity index (χ3n) is 2.23. The van der Waals surface area contributed by atoms with E-state index in [-0.39, 0.29) is 0 Å². The number of nitrogens with zero attached hydrogens (tertiary/aromatic N) is 3. The molecular formula is C9H13BrN4. The molecule has 76 valence electrons. The second-order valence-corrected chi connectivity index (χ2v) is 4.30. The summed E-state index contributed by atoms with van der Waals surface area (Å²) in [5, 5.41) is 2.17. The lowest BCUT2D eigenvalue weighted by atomic mass is 10.2. The van der Waals surface area contributed by atoms with Gasteiger partial charge in [0.15, 0.2) is 0 Å². The van der Waals surface area contributed by atoms with Gasteiger partial charge in [-0.25, -0.2) is 15.0 Å². The summed E-state index contributed by atoms with van der Waals surface area (Å²) in [5.41, 5.74) is 3.20. The van der Waals surface area contributed by atoms with Gasteiger partial charge in [-0.3, -0.25) is 5.43 Å². The van der Waals surface area contributed by atoms with Gasteiger partial charge in [-0.1, -0.05) is 6.42 Å². The zero-order chi connectivity index (χ0) is 9.80. The van der Waals surface area contributed by atoms with Crippen LogP contribution >= 0.6 is 15.9 Å². The minimum absolute atomic E-state index is 0.676. The fraction of sp³-hybridized carbons (Fsp3) is 0.556. The summed E-state index contributed by atoms with van der Waals surface area (Å²) in [5.74, 6) is 0.676. The van der Waals surface area contributed by atoms with Crippen molar-refractivity contribution in [3.05, 3.63) is 16.9 Å². The molecule has 0 aromatic carbocycles. The minimum Gasteiger partial charge on any atom is -0.287 e. The first-order valence-electron chi connectivity index (χ1n) is 4.84. The molecule has 1 fully saturated rings. The molecular weight excluding hydrogens is 244 g/mol. The predicted molar refractivity (Wildman–Crippen MR) is 58.8 cm³/mol. The van der Waals surface area contributed by atoms with Crippen molar-refractivity contribution in [2.45, 2.75) is 19.3 Å². The van der Waals surface area contributed by atoms with Gasteiger partial charge in [0, 0.05) is 25.5 Å². The highest BCUT2D eigenvalue weighted by Gasteiger charge is 2.10. The average Bonchev–Trinajstić information content (AvgIpc) is 2.23. The van der Waals surface area contributed by atoms with Crippen LogP contribution in [0.5, 0.6) is 0 Å². The first-order chi connectivity index (χ1) is 6.84. The lowest BCUT2D eigenvalue weighted by molar-refractivity contribution is 0.271. The summed E-state index contributed by atoms with van der Waals surface area (Å²) in [6.07, 6.45) is 7.34. The van der Waals surface area contributed by atoms with Crippen LogP contribution in [0.15, 0.2) is 16.9 Å². The molecule has 5 heteroatoms. The van der Waals surface area contributed by atoms with E-state index in [1.54, 1.807) is 12.4 Å². The van der Waals surface area contributed by atoms with E-state index < -0.39 is 0 Å². The number of rotatable bonds is 2. The molecule has 1 aromatic heterocycles. The first kappa shape index (κ1) is 9.86. The molecule has 1 N–H and O–H groups in total. The molecule has 0 amide bonds. The van der Waals surface area contributed by atoms with Crippen LogP contribution in [0.1, 0.15) is 19.3 Å². The normalized spacial score (nSPS) is 18.1. The number of aromatic nitrogens is 2. The fourth-order valence-corrected chi connectivity index (χ4v) is 1.72. The van der Waals surface area contributed by atoms with Gasteiger partial charge in [0.05, 0.1) is 4.47 Å². The number of nitrogens with one attached hydrogen (secondary N) is 1. The Labute approximate surface area is 91.8 Å². The maximum Gasteiger partial charge on any atom is 0.237 e. The van der Waals surface area contributed by atoms with Crippen molar-refractivity contribution in [2.24, 2.45) is 0 Å². The summed E-state index contributed by atoms with van der Waals surface area (Å²) >= 11 is 3.30. The van der Waals surface area contributed by atoms with Crippen molar-refractivity contribution < 1.29 is 0 Å². The molecule has 4 nitrogen and oxygen atoms in total. The van der Waals surface area contributed by atoms with Crippen LogP contribution in [-0.2, 0) is 0 Å². The monoisotopic (exact) mass is 256 g/mol. The zero-order valence-electron chi connectivity index (χ0n) is 7.91. The highest BCUT2D eigenvalue weighted by Crippen LogP contribution is 2.11. The van der Waals surface area contributed by atoms with E-state index in [0.717, 1.165) is 17.6 Å². The Morgan fingerprint density at radius 2 is 1.79 bits per heavy atom. The van der Waals surface area contributed by atoms with E-state index in [1.165, 1.54) is 19.3 Å². The fourth-order valence-electron chi connectivity index (χ4n) is 1.52. The van der Waals surface area contributed by atoms with Crippen LogP contribution in [0.4, 0.5) is 5.95 Å². The van der Waals surface area contributed by atoms with Crippen LogP contribution in [-0.4, -0.2) is 28.1 Å². The maximum absolute atomic E-state index is 4.16. The molecule has 0 atom stereocenters. The summed E-state index contributed by atoms with van der Waals surface area (Å²) in [4.78, 5) is 8.32. The third kappa shape index (κ3) is 2.65. The number of halogens is 1. The van der Waals surface area contributed by atoms with Crippen LogP contribution < -0.4 is 5.43 Å². The summed E-state index contributed by atoms with van der Waals surface area (Å²) in [6.45, 7) is 2.17. The van der Waals surface area contributed by atoms with Crippen LogP contribution in [0.3, 0.4) is 0 Å². The van der Waals surface area contributed by atoms with Gasteiger partial charge in [-0.05, 0) is 28.8 Å². The number of anilines is 1. The highest BCUT2D eigenvalue weighted by molar-refractivity contribution is 9.10. The number of hydrogen-bond donors (Lipinski definition) is 1. The number of hydrogen-bond acceptors (Lipinski definition) is 4. The zero-order valence-corrected chi connectivity index (χ0v) is 9.50. The van der Waals surface area contributed by atoms with E-state index in [0.29, 0.717) is 5.95 Å². The van der Waals surface area contributed by atoms with Gasteiger partial charge in [0.25, 0.3) is 0 Å². The molecule has 0 saturated carbocycles. The molecule has 1 aromatic rings. The van der Waals surface area contributed by atoms with E-state index in [2.05, 4.69) is 36.3 Å². The highest BCUT2D eigenvalue weighted by atomic mass is 79.9. The third-order valence-corrected chi connectivity index (χ3v) is 2.64. The van der Waals surface area contributed by atoms with Crippen molar-refractivity contribution in [2.75, 3.05) is 18.5 Å². The topological polar surface area (TPSA) is 41.1 Å². The van der Waals surface area contributed by atoms with E-state index in [1.807, 2.05) is 0 Å². The molecule has 14 heavy (non-hydrogen) atoms. The Bertz CT molecular complexity index is 281. The Balaban J connectivity index is 1.92. The summed E-state index contributed by atoms with van der Waals surface area (Å²) < 4.78 is 0.904. The maximum atomic E-state index is 4.16. The number of piperidine rings is 1. The Morgan fingerprint density at radius 3 is 2.43 bits per heavy atom. The van der Waals surface area contributed by atoms with Crippen molar-refractivity contribution in [3.63, 3.8) is 0 Å². The van der Waals surface area contributed by atoms with Gasteiger partial charge >= 0.3 is 0 Å². The SMILES string of the molecule is Brc1cnc(NN2CCCCC2)nc1. The first-order valence-corrected chi connectivity index (χ1v) is 5.63. The molecule has 2 heterocycles. The van der Waals surface area contributed by atoms with Crippen LogP contribution in [0, 0.1) is 0 Å². The minimum atomic E-state index is 0.676. The van der Waals surface area contributed by atoms with Crippen LogP contribution in [0.25, 0.3) is 0 Å². The van der Waals surface area contributed by atoms with Gasteiger partial charge < -0.3 is 0 Å². The molecule has 1 aliphatic heterocycles. The summed E-state index contributed by atoms with van der Waals surface area (Å²) in [6, 6.07) is 0. The van der Waals surface area contributed by atoms with Crippen molar-refractivity contribution in [1.82, 2.24) is 15.0 Å². The lowest BCUT2D eigenvalue weighted by Gasteiger charge is -2.26. The Hall–Kier alpha value is -0.680. The van der Waals surface area contributed by atoms with E-state index in [9.17, 15) is 0 Å². The predicted octanol–water partition coefficient (Wildman–Crippen LogP) is 2.05. The lowest BCUT2D eigenvalue weighted by Crippen LogP contribution is -2.35. The molecule has 1 aliphatic rings. The molecule has 1 saturated heterocycles. The van der Waals surface area contributed by atoms with E-state index >= 15 is 0 Å². The quantitative estimate of drug-likeness (QED) is 0.880. The number of hydrazine groups is 1. The second kappa shape index (κ2) is 4.70. The smallest absolute Gasteiger partial charge is 0.237 e. The van der Waals surface area contributed by atoms with Gasteiger partial charge in [0.2, 0.25) is 5.95 Å². The molecule has 0 aliphatic carbocycles. The second-order valence-electron chi connectivity index (χ2n) is 3.38. The molecule has 2 rings (SSSR count). The van der Waals surface area contributed by atoms with Crippen molar-refractivity contribution in [1.29, 1.82) is 0 Å². The standard InChI is InChI=1S/C9H13BrN4/c10-8-6-11-9(12-7-8)13-14-4-2-1-3-5-14/h6-7H,1-5H2,(H,11,12,13). The Kier molecular flexibility index (Phi) is 3.31. The molecule has 0 bridgehead atoms. The van der Waals surface area contributed by atoms with Crippen molar-refractivity contribution in [3.8, 4) is 0 Å². The van der Waals surface area contributed by atoms with Gasteiger partial charge in [-0.15, -0.1) is 0 Å². The molecule has 0 spiro atoms. The largest absolute Gasteiger partial charge is 0.287 e. The van der Waals surface area contributed by atoms with Crippen LogP contribution in [0.2, 0.25) is 0 Å². The Morgan fingerprint density at radius 1 is 1.14 bits per heavy atom. The van der Waals surface area contributed by atoms with Gasteiger partial charge in [0.1, 0.15) is 0 Å². The summed E-state index contributed by atoms with van der Waals surface area (Å²) in [7, 11) is 0. The average molecular weight is 257 g/mol. The van der Waals surface area contributed by atoms with E-state index in [4.69, 9.17) is 0 Å².